The van der Waals surface area contributed by atoms with Crippen molar-refractivity contribution in [3.8, 4) is 0 Å². The second kappa shape index (κ2) is 2.71. The van der Waals surface area contributed by atoms with Gasteiger partial charge in [-0.05, 0) is 32.6 Å². The fraction of sp³-hybridized carbons (Fsp3) is 1.00. The van der Waals surface area contributed by atoms with Crippen LogP contribution in [-0.2, 0) is 0 Å². The quantitative estimate of drug-likeness (QED) is 0.637. The van der Waals surface area contributed by atoms with Crippen LogP contribution in [0.5, 0.6) is 0 Å². The molecule has 0 aromatic heterocycles. The Labute approximate surface area is 75.1 Å². The average Bonchev–Trinajstić information content (AvgIpc) is 2.41. The Kier molecular flexibility index (Phi) is 1.92. The van der Waals surface area contributed by atoms with Crippen LogP contribution in [0.15, 0.2) is 0 Å². The molecule has 0 radical (unpaired) electrons. The predicted octanol–water partition coefficient (Wildman–Crippen LogP) is 1.20. The van der Waals surface area contributed by atoms with E-state index >= 15 is 0 Å². The third kappa shape index (κ3) is 1.01. The monoisotopic (exact) mass is 168 g/mol. The lowest BCUT2D eigenvalue weighted by molar-refractivity contribution is 0.189. The number of hydrogen-bond donors (Lipinski definition) is 1. The van der Waals surface area contributed by atoms with Crippen LogP contribution in [0, 0.1) is 5.92 Å². The second-order valence-electron chi connectivity index (χ2n) is 4.79. The first-order valence-corrected chi connectivity index (χ1v) is 5.14. The van der Waals surface area contributed by atoms with E-state index < -0.39 is 0 Å². The van der Waals surface area contributed by atoms with Gasteiger partial charge in [0.2, 0.25) is 0 Å². The van der Waals surface area contributed by atoms with Gasteiger partial charge in [-0.2, -0.15) is 0 Å². The summed E-state index contributed by atoms with van der Waals surface area (Å²) in [7, 11) is 0. The topological polar surface area (TPSA) is 29.3 Å². The third-order valence-corrected chi connectivity index (χ3v) is 3.64. The van der Waals surface area contributed by atoms with Gasteiger partial charge in [-0.25, -0.2) is 0 Å². The van der Waals surface area contributed by atoms with Gasteiger partial charge >= 0.3 is 0 Å². The summed E-state index contributed by atoms with van der Waals surface area (Å²) >= 11 is 0. The van der Waals surface area contributed by atoms with Crippen LogP contribution in [0.25, 0.3) is 0 Å². The molecule has 2 rings (SSSR count). The van der Waals surface area contributed by atoms with Crippen molar-refractivity contribution in [1.29, 1.82) is 0 Å². The standard InChI is InChI=1S/C10H20N2/c1-6(2)12-9-5-8(11)10(12)4-7(9)3/h6-10H,4-5,11H2,1-3H3/t7-,8+,9+,10+/m0/s1. The molecule has 0 unspecified atom stereocenters. The van der Waals surface area contributed by atoms with Gasteiger partial charge in [-0.3, -0.25) is 4.90 Å². The summed E-state index contributed by atoms with van der Waals surface area (Å²) in [5, 5.41) is 0. The minimum Gasteiger partial charge on any atom is -0.326 e. The molecule has 4 atom stereocenters. The lowest BCUT2D eigenvalue weighted by atomic mass is 9.88. The molecule has 2 saturated heterocycles. The van der Waals surface area contributed by atoms with E-state index in [-0.39, 0.29) is 0 Å². The average molecular weight is 168 g/mol. The van der Waals surface area contributed by atoms with Gasteiger partial charge in [0, 0.05) is 24.2 Å². The zero-order valence-electron chi connectivity index (χ0n) is 8.33. The first kappa shape index (κ1) is 8.52. The smallest absolute Gasteiger partial charge is 0.0256 e. The molecule has 2 heteroatoms. The van der Waals surface area contributed by atoms with Crippen molar-refractivity contribution in [2.45, 2.75) is 57.8 Å². The molecule has 0 aromatic rings. The predicted molar refractivity (Wildman–Crippen MR) is 50.9 cm³/mol. The summed E-state index contributed by atoms with van der Waals surface area (Å²) < 4.78 is 0. The molecule has 0 saturated carbocycles. The van der Waals surface area contributed by atoms with Crippen molar-refractivity contribution < 1.29 is 0 Å². The van der Waals surface area contributed by atoms with Crippen LogP contribution in [-0.4, -0.2) is 29.1 Å². The molecule has 0 amide bonds. The molecule has 2 aliphatic heterocycles. The van der Waals surface area contributed by atoms with Gasteiger partial charge in [0.1, 0.15) is 0 Å². The minimum atomic E-state index is 0.452. The van der Waals surface area contributed by atoms with Gasteiger partial charge in [-0.1, -0.05) is 6.92 Å². The van der Waals surface area contributed by atoms with Crippen LogP contribution in [0.3, 0.4) is 0 Å². The highest BCUT2D eigenvalue weighted by atomic mass is 15.3. The fourth-order valence-electron chi connectivity index (χ4n) is 3.15. The van der Waals surface area contributed by atoms with Gasteiger partial charge in [0.15, 0.2) is 0 Å². The summed E-state index contributed by atoms with van der Waals surface area (Å²) in [5.41, 5.74) is 6.07. The Morgan fingerprint density at radius 2 is 1.92 bits per heavy atom. The Hall–Kier alpha value is -0.0800. The van der Waals surface area contributed by atoms with E-state index in [2.05, 4.69) is 25.7 Å². The molecule has 2 nitrogen and oxygen atoms in total. The molecule has 12 heavy (non-hydrogen) atoms. The van der Waals surface area contributed by atoms with E-state index in [1.165, 1.54) is 12.8 Å². The summed E-state index contributed by atoms with van der Waals surface area (Å²) in [5.74, 6) is 0.872. The SMILES string of the molecule is CC(C)N1[C@@H]2C[C@H](C)[C@H]1C[C@H]2N. The van der Waals surface area contributed by atoms with Gasteiger partial charge in [0.05, 0.1) is 0 Å². The van der Waals surface area contributed by atoms with Crippen molar-refractivity contribution in [2.24, 2.45) is 11.7 Å². The van der Waals surface area contributed by atoms with Crippen molar-refractivity contribution in [2.75, 3.05) is 0 Å². The molecule has 2 aliphatic rings. The highest BCUT2D eigenvalue weighted by molar-refractivity contribution is 5.06. The normalized spacial score (nSPS) is 47.8. The van der Waals surface area contributed by atoms with E-state index in [0.717, 1.165) is 12.0 Å². The molecular formula is C10H20N2. The maximum absolute atomic E-state index is 6.07. The molecule has 2 bridgehead atoms. The molecule has 0 spiro atoms. The van der Waals surface area contributed by atoms with E-state index in [4.69, 9.17) is 5.73 Å². The van der Waals surface area contributed by atoms with E-state index in [1.807, 2.05) is 0 Å². The summed E-state index contributed by atoms with van der Waals surface area (Å²) in [4.78, 5) is 2.63. The number of nitrogens with zero attached hydrogens (tertiary/aromatic N) is 1. The number of rotatable bonds is 1. The second-order valence-corrected chi connectivity index (χ2v) is 4.79. The number of fused-ring (bicyclic) bond motifs is 2. The van der Waals surface area contributed by atoms with E-state index in [1.54, 1.807) is 0 Å². The highest BCUT2D eigenvalue weighted by Crippen LogP contribution is 2.41. The van der Waals surface area contributed by atoms with E-state index in [9.17, 15) is 0 Å². The van der Waals surface area contributed by atoms with Crippen LogP contribution >= 0.6 is 0 Å². The summed E-state index contributed by atoms with van der Waals surface area (Å²) in [6, 6.07) is 2.60. The Bertz CT molecular complexity index is 163. The van der Waals surface area contributed by atoms with Crippen LogP contribution in [0.1, 0.15) is 33.6 Å². The zero-order valence-corrected chi connectivity index (χ0v) is 8.33. The molecule has 2 fully saturated rings. The molecule has 0 aromatic carbocycles. The molecule has 2 heterocycles. The van der Waals surface area contributed by atoms with Crippen LogP contribution in [0.4, 0.5) is 0 Å². The van der Waals surface area contributed by atoms with Crippen molar-refractivity contribution in [3.05, 3.63) is 0 Å². The first-order chi connectivity index (χ1) is 5.61. The minimum absolute atomic E-state index is 0.452. The third-order valence-electron chi connectivity index (χ3n) is 3.64. The highest BCUT2D eigenvalue weighted by Gasteiger charge is 2.49. The van der Waals surface area contributed by atoms with Gasteiger partial charge in [0.25, 0.3) is 0 Å². The molecule has 2 N–H and O–H groups in total. The number of hydrogen-bond acceptors (Lipinski definition) is 2. The van der Waals surface area contributed by atoms with Crippen molar-refractivity contribution in [1.82, 2.24) is 4.90 Å². The van der Waals surface area contributed by atoms with Gasteiger partial charge < -0.3 is 5.73 Å². The van der Waals surface area contributed by atoms with E-state index in [0.29, 0.717) is 18.1 Å². The number of nitrogens with two attached hydrogens (primary N) is 1. The Balaban J connectivity index is 2.17. The summed E-state index contributed by atoms with van der Waals surface area (Å²) in [6.07, 6.45) is 2.55. The maximum atomic E-state index is 6.07. The van der Waals surface area contributed by atoms with Crippen molar-refractivity contribution in [3.63, 3.8) is 0 Å². The fourth-order valence-corrected chi connectivity index (χ4v) is 3.15. The van der Waals surface area contributed by atoms with Crippen molar-refractivity contribution >= 4 is 0 Å². The lowest BCUT2D eigenvalue weighted by Crippen LogP contribution is -2.40. The Morgan fingerprint density at radius 3 is 2.25 bits per heavy atom. The molecule has 0 aliphatic carbocycles. The zero-order chi connectivity index (χ0) is 8.88. The first-order valence-electron chi connectivity index (χ1n) is 5.14. The van der Waals surface area contributed by atoms with Crippen LogP contribution in [0.2, 0.25) is 0 Å². The maximum Gasteiger partial charge on any atom is 0.0256 e. The Morgan fingerprint density at radius 1 is 1.25 bits per heavy atom. The summed E-state index contributed by atoms with van der Waals surface area (Å²) in [6.45, 7) is 6.94. The molecule has 70 valence electrons. The lowest BCUT2D eigenvalue weighted by Gasteiger charge is -2.27. The van der Waals surface area contributed by atoms with Gasteiger partial charge in [-0.15, -0.1) is 0 Å². The largest absolute Gasteiger partial charge is 0.326 e. The molecular weight excluding hydrogens is 148 g/mol. The van der Waals surface area contributed by atoms with Crippen LogP contribution < -0.4 is 5.73 Å².